The highest BCUT2D eigenvalue weighted by molar-refractivity contribution is 6.02. The molecule has 4 aromatic rings. The lowest BCUT2D eigenvalue weighted by Crippen LogP contribution is -2.51. The number of benzene rings is 2. The monoisotopic (exact) mass is 527 g/mol. The first-order valence-electron chi connectivity index (χ1n) is 13.1. The first-order valence-corrected chi connectivity index (χ1v) is 13.1. The van der Waals surface area contributed by atoms with Gasteiger partial charge in [-0.05, 0) is 54.3 Å². The molecule has 0 saturated heterocycles. The maximum absolute atomic E-state index is 13.4. The number of para-hydroxylation sites is 1. The van der Waals surface area contributed by atoms with Crippen molar-refractivity contribution in [1.29, 1.82) is 0 Å². The third-order valence-electron chi connectivity index (χ3n) is 7.22. The number of likely N-dealkylation sites (N-methyl/N-ethyl adjacent to an activating group) is 1. The summed E-state index contributed by atoms with van der Waals surface area (Å²) in [6.07, 6.45) is 2.78. The van der Waals surface area contributed by atoms with Gasteiger partial charge in [0.15, 0.2) is 0 Å². The fraction of sp³-hybridized carbons (Fsp3) is 0.290. The second-order valence-electron chi connectivity index (χ2n) is 9.66. The van der Waals surface area contributed by atoms with Gasteiger partial charge in [-0.2, -0.15) is 0 Å². The molecule has 0 aliphatic rings. The second-order valence-corrected chi connectivity index (χ2v) is 9.66. The topological polar surface area (TPSA) is 113 Å². The maximum Gasteiger partial charge on any atom is 0.343 e. The molecule has 8 heteroatoms. The number of nitrogens with zero attached hydrogens (tertiary/aromatic N) is 2. The summed E-state index contributed by atoms with van der Waals surface area (Å²) in [7, 11) is 1.64. The molecule has 3 unspecified atom stereocenters. The number of hydrogen-bond donors (Lipinski definition) is 2. The van der Waals surface area contributed by atoms with Crippen LogP contribution in [0, 0.1) is 5.92 Å². The normalized spacial score (nSPS) is 13.4. The summed E-state index contributed by atoms with van der Waals surface area (Å²) in [6.45, 7) is 5.78. The number of amides is 2. The molecule has 3 atom stereocenters. The Hall–Kier alpha value is -4.46. The number of fused-ring (bicyclic) bond motifs is 1. The summed E-state index contributed by atoms with van der Waals surface area (Å²) in [5.41, 5.74) is 0.867. The lowest BCUT2D eigenvalue weighted by Gasteiger charge is -2.28. The zero-order valence-electron chi connectivity index (χ0n) is 22.5. The molecule has 4 rings (SSSR count). The van der Waals surface area contributed by atoms with Gasteiger partial charge in [-0.25, -0.2) is 9.78 Å². The van der Waals surface area contributed by atoms with E-state index in [2.05, 4.69) is 10.3 Å². The number of carbonyl (C=O) groups is 2. The van der Waals surface area contributed by atoms with E-state index in [9.17, 15) is 19.5 Å². The maximum atomic E-state index is 13.4. The van der Waals surface area contributed by atoms with Crippen LogP contribution >= 0.6 is 0 Å². The molecule has 2 aromatic heterocycles. The largest absolute Gasteiger partial charge is 0.507 e. The number of anilines is 1. The highest BCUT2D eigenvalue weighted by atomic mass is 16.4. The first kappa shape index (κ1) is 27.6. The van der Waals surface area contributed by atoms with E-state index in [-0.39, 0.29) is 23.1 Å². The number of pyridine rings is 1. The van der Waals surface area contributed by atoms with Crippen LogP contribution in [-0.2, 0) is 4.79 Å². The molecular weight excluding hydrogens is 494 g/mol. The predicted molar refractivity (Wildman–Crippen MR) is 151 cm³/mol. The summed E-state index contributed by atoms with van der Waals surface area (Å²) in [5, 5.41) is 14.4. The van der Waals surface area contributed by atoms with Gasteiger partial charge in [0.25, 0.3) is 11.8 Å². The lowest BCUT2D eigenvalue weighted by molar-refractivity contribution is -0.121. The highest BCUT2D eigenvalue weighted by Crippen LogP contribution is 2.36. The number of aromatic nitrogens is 1. The van der Waals surface area contributed by atoms with E-state index in [1.165, 1.54) is 4.90 Å². The van der Waals surface area contributed by atoms with Crippen molar-refractivity contribution < 1.29 is 19.1 Å². The molecule has 8 nitrogen and oxygen atoms in total. The Kier molecular flexibility index (Phi) is 8.44. The fourth-order valence-corrected chi connectivity index (χ4v) is 4.74. The Labute approximate surface area is 227 Å². The van der Waals surface area contributed by atoms with Crippen molar-refractivity contribution in [1.82, 2.24) is 10.3 Å². The highest BCUT2D eigenvalue weighted by Gasteiger charge is 2.30. The quantitative estimate of drug-likeness (QED) is 0.288. The van der Waals surface area contributed by atoms with Crippen molar-refractivity contribution >= 4 is 28.6 Å². The zero-order chi connectivity index (χ0) is 28.1. The van der Waals surface area contributed by atoms with Crippen LogP contribution in [0.2, 0.25) is 0 Å². The van der Waals surface area contributed by atoms with Gasteiger partial charge in [-0.15, -0.1) is 0 Å². The molecule has 202 valence electrons. The predicted octanol–water partition coefficient (Wildman–Crippen LogP) is 5.24. The fourth-order valence-electron chi connectivity index (χ4n) is 4.74. The lowest BCUT2D eigenvalue weighted by atomic mass is 9.88. The van der Waals surface area contributed by atoms with Crippen LogP contribution in [-0.4, -0.2) is 35.0 Å². The number of aromatic hydroxyl groups is 1. The molecule has 2 N–H and O–H groups in total. The van der Waals surface area contributed by atoms with E-state index < -0.39 is 23.5 Å². The average Bonchev–Trinajstić information content (AvgIpc) is 2.97. The third-order valence-corrected chi connectivity index (χ3v) is 7.22. The van der Waals surface area contributed by atoms with Gasteiger partial charge in [0.2, 0.25) is 0 Å². The van der Waals surface area contributed by atoms with Crippen LogP contribution in [0.1, 0.15) is 61.0 Å². The van der Waals surface area contributed by atoms with Crippen molar-refractivity contribution in [3.63, 3.8) is 0 Å². The van der Waals surface area contributed by atoms with E-state index in [0.717, 1.165) is 0 Å². The SMILES string of the molecule is CCC(c1cccc(C(=O)NC(C(=O)N(C)c2ccccn2)C(C)CC)c1)c1c(O)c2ccccc2oc1=O. The Morgan fingerprint density at radius 2 is 1.77 bits per heavy atom. The van der Waals surface area contributed by atoms with Crippen molar-refractivity contribution in [2.45, 2.75) is 45.6 Å². The van der Waals surface area contributed by atoms with Crippen molar-refractivity contribution in [2.24, 2.45) is 5.92 Å². The van der Waals surface area contributed by atoms with Crippen LogP contribution < -0.4 is 15.8 Å². The summed E-state index contributed by atoms with van der Waals surface area (Å²) in [5.74, 6) is -0.929. The number of hydrogen-bond acceptors (Lipinski definition) is 6. The van der Waals surface area contributed by atoms with Crippen LogP contribution in [0.15, 0.2) is 82.1 Å². The van der Waals surface area contributed by atoms with E-state index in [0.29, 0.717) is 40.8 Å². The summed E-state index contributed by atoms with van der Waals surface area (Å²) in [6, 6.07) is 18.3. The van der Waals surface area contributed by atoms with Crippen LogP contribution in [0.25, 0.3) is 11.0 Å². The van der Waals surface area contributed by atoms with Gasteiger partial charge in [-0.1, -0.05) is 57.5 Å². The number of rotatable bonds is 9. The van der Waals surface area contributed by atoms with Gasteiger partial charge < -0.3 is 14.8 Å². The number of carbonyl (C=O) groups excluding carboxylic acids is 2. The Morgan fingerprint density at radius 3 is 2.46 bits per heavy atom. The summed E-state index contributed by atoms with van der Waals surface area (Å²) >= 11 is 0. The molecule has 0 aliphatic heterocycles. The Morgan fingerprint density at radius 1 is 1.03 bits per heavy atom. The van der Waals surface area contributed by atoms with E-state index >= 15 is 0 Å². The molecule has 2 aromatic carbocycles. The van der Waals surface area contributed by atoms with E-state index in [4.69, 9.17) is 4.42 Å². The molecule has 0 aliphatic carbocycles. The third kappa shape index (κ3) is 5.70. The van der Waals surface area contributed by atoms with Crippen molar-refractivity contribution in [3.8, 4) is 5.75 Å². The molecule has 0 spiro atoms. The number of nitrogens with one attached hydrogen (secondary N) is 1. The second kappa shape index (κ2) is 11.9. The minimum Gasteiger partial charge on any atom is -0.507 e. The van der Waals surface area contributed by atoms with Crippen LogP contribution in [0.5, 0.6) is 5.75 Å². The molecular formula is C31H33N3O5. The minimum absolute atomic E-state index is 0.122. The zero-order valence-corrected chi connectivity index (χ0v) is 22.5. The smallest absolute Gasteiger partial charge is 0.343 e. The van der Waals surface area contributed by atoms with E-state index in [1.807, 2.05) is 26.8 Å². The Balaban J connectivity index is 1.64. The molecule has 2 heterocycles. The van der Waals surface area contributed by atoms with Gasteiger partial charge in [0.1, 0.15) is 23.2 Å². The Bertz CT molecular complexity index is 1530. The molecule has 0 radical (unpaired) electrons. The van der Waals surface area contributed by atoms with Gasteiger partial charge in [-0.3, -0.25) is 14.5 Å². The molecule has 0 fully saturated rings. The molecule has 0 saturated carbocycles. The summed E-state index contributed by atoms with van der Waals surface area (Å²) < 4.78 is 5.49. The van der Waals surface area contributed by atoms with Gasteiger partial charge in [0, 0.05) is 24.7 Å². The van der Waals surface area contributed by atoms with E-state index in [1.54, 1.807) is 73.9 Å². The van der Waals surface area contributed by atoms with Crippen molar-refractivity contribution in [3.05, 3.63) is 100 Å². The molecule has 0 bridgehead atoms. The van der Waals surface area contributed by atoms with Gasteiger partial charge in [0.05, 0.1) is 10.9 Å². The first-order chi connectivity index (χ1) is 18.8. The minimum atomic E-state index is -0.767. The van der Waals surface area contributed by atoms with Crippen LogP contribution in [0.3, 0.4) is 0 Å². The average molecular weight is 528 g/mol. The van der Waals surface area contributed by atoms with Crippen molar-refractivity contribution in [2.75, 3.05) is 11.9 Å². The summed E-state index contributed by atoms with van der Waals surface area (Å²) in [4.78, 5) is 45.4. The molecule has 2 amide bonds. The van der Waals surface area contributed by atoms with Gasteiger partial charge >= 0.3 is 5.63 Å². The standard InChI is InChI=1S/C31H33N3O5/c1-5-19(3)27(30(37)34(4)25-16-9-10-17-32-25)33-29(36)21-13-11-12-20(18-21)22(6-2)26-28(35)23-14-7-8-15-24(23)39-31(26)38/h7-19,22,27,35H,5-6H2,1-4H3,(H,33,36). The van der Waals surface area contributed by atoms with Crippen LogP contribution in [0.4, 0.5) is 5.82 Å². The molecule has 39 heavy (non-hydrogen) atoms.